The van der Waals surface area contributed by atoms with Gasteiger partial charge in [0.2, 0.25) is 0 Å². The summed E-state index contributed by atoms with van der Waals surface area (Å²) in [5.74, 6) is 0. The molecule has 1 aromatic rings. The topological polar surface area (TPSA) is 9.23 Å². The molecule has 1 atom stereocenters. The van der Waals surface area contributed by atoms with E-state index in [0.29, 0.717) is 0 Å². The first kappa shape index (κ1) is 13.6. The van der Waals surface area contributed by atoms with Crippen LogP contribution in [0.15, 0.2) is 30.3 Å². The van der Waals surface area contributed by atoms with Crippen LogP contribution in [0.3, 0.4) is 0 Å². The predicted molar refractivity (Wildman–Crippen MR) is 77.2 cm³/mol. The van der Waals surface area contributed by atoms with E-state index < -0.39 is 5.74 Å². The minimum atomic E-state index is -1.52. The van der Waals surface area contributed by atoms with Gasteiger partial charge in [-0.15, -0.1) is 0 Å². The van der Waals surface area contributed by atoms with Crippen molar-refractivity contribution in [2.75, 3.05) is 6.61 Å². The fourth-order valence-corrected chi connectivity index (χ4v) is 8.19. The SMILES string of the molecule is CCOP(=[Se])(c1ccccc1)C1CCCCC1. The van der Waals surface area contributed by atoms with Crippen LogP contribution in [0.1, 0.15) is 39.0 Å². The zero-order valence-electron chi connectivity index (χ0n) is 10.5. The van der Waals surface area contributed by atoms with E-state index in [4.69, 9.17) is 4.52 Å². The molecule has 1 aliphatic rings. The fraction of sp³-hybridized carbons (Fsp3) is 0.571. The van der Waals surface area contributed by atoms with Crippen molar-refractivity contribution in [1.29, 1.82) is 0 Å². The second-order valence-electron chi connectivity index (χ2n) is 4.64. The molecule has 0 radical (unpaired) electrons. The van der Waals surface area contributed by atoms with E-state index in [9.17, 15) is 0 Å². The molecule has 1 unspecified atom stereocenters. The van der Waals surface area contributed by atoms with Crippen LogP contribution in [-0.4, -0.2) is 27.4 Å². The van der Waals surface area contributed by atoms with Gasteiger partial charge < -0.3 is 0 Å². The molecule has 2 rings (SSSR count). The fourth-order valence-electron chi connectivity index (χ4n) is 2.64. The summed E-state index contributed by atoms with van der Waals surface area (Å²) < 4.78 is 6.21. The van der Waals surface area contributed by atoms with E-state index in [1.807, 2.05) is 0 Å². The van der Waals surface area contributed by atoms with Crippen molar-refractivity contribution in [3.63, 3.8) is 0 Å². The van der Waals surface area contributed by atoms with Crippen molar-refractivity contribution in [3.8, 4) is 0 Å². The minimum absolute atomic E-state index is 0.735. The summed E-state index contributed by atoms with van der Waals surface area (Å²) in [6, 6.07) is 10.8. The van der Waals surface area contributed by atoms with Gasteiger partial charge in [-0.1, -0.05) is 0 Å². The Labute approximate surface area is 112 Å². The Balaban J connectivity index is 2.28. The van der Waals surface area contributed by atoms with Gasteiger partial charge in [0, 0.05) is 0 Å². The van der Waals surface area contributed by atoms with Gasteiger partial charge in [-0.3, -0.25) is 0 Å². The zero-order valence-corrected chi connectivity index (χ0v) is 13.1. The number of hydrogen-bond donors (Lipinski definition) is 0. The summed E-state index contributed by atoms with van der Waals surface area (Å²) in [4.78, 5) is 0. The van der Waals surface area contributed by atoms with Crippen molar-refractivity contribution < 1.29 is 4.52 Å². The van der Waals surface area contributed by atoms with E-state index in [1.165, 1.54) is 37.4 Å². The predicted octanol–water partition coefficient (Wildman–Crippen LogP) is 3.70. The zero-order chi connectivity index (χ0) is 12.1. The van der Waals surface area contributed by atoms with Crippen molar-refractivity contribution >= 4 is 26.1 Å². The Kier molecular flexibility index (Phi) is 5.06. The van der Waals surface area contributed by atoms with Crippen LogP contribution in [0, 0.1) is 0 Å². The van der Waals surface area contributed by atoms with Crippen molar-refractivity contribution in [3.05, 3.63) is 30.3 Å². The van der Waals surface area contributed by atoms with Crippen LogP contribution in [0.4, 0.5) is 0 Å². The Morgan fingerprint density at radius 3 is 2.41 bits per heavy atom. The Morgan fingerprint density at radius 1 is 1.18 bits per heavy atom. The third-order valence-electron chi connectivity index (χ3n) is 3.49. The Hall–Kier alpha value is 0.129. The number of benzene rings is 1. The molecule has 0 spiro atoms. The molecular weight excluding hydrogens is 294 g/mol. The monoisotopic (exact) mass is 316 g/mol. The van der Waals surface area contributed by atoms with E-state index in [2.05, 4.69) is 52.4 Å². The average molecular weight is 315 g/mol. The van der Waals surface area contributed by atoms with E-state index in [-0.39, 0.29) is 0 Å². The normalized spacial score (nSPS) is 21.0. The molecule has 1 fully saturated rings. The molecular formula is C14H21OPSe. The van der Waals surface area contributed by atoms with Crippen molar-refractivity contribution in [2.45, 2.75) is 44.7 Å². The second kappa shape index (κ2) is 6.34. The second-order valence-corrected chi connectivity index (χ2v) is 10.8. The third-order valence-corrected chi connectivity index (χ3v) is 10.5. The maximum absolute atomic E-state index is 6.21. The van der Waals surface area contributed by atoms with E-state index in [1.54, 1.807) is 0 Å². The molecule has 1 aromatic carbocycles. The molecule has 1 aliphatic carbocycles. The van der Waals surface area contributed by atoms with Gasteiger partial charge >= 0.3 is 112 Å². The summed E-state index contributed by atoms with van der Waals surface area (Å²) >= 11 is 3.47. The average Bonchev–Trinajstić information content (AvgIpc) is 2.41. The molecule has 0 saturated heterocycles. The van der Waals surface area contributed by atoms with Gasteiger partial charge in [0.05, 0.1) is 0 Å². The molecule has 94 valence electrons. The molecule has 3 heteroatoms. The van der Waals surface area contributed by atoms with Crippen LogP contribution < -0.4 is 5.30 Å². The van der Waals surface area contributed by atoms with Crippen LogP contribution in [0.25, 0.3) is 0 Å². The van der Waals surface area contributed by atoms with Gasteiger partial charge in [-0.2, -0.15) is 0 Å². The molecule has 0 aliphatic heterocycles. The summed E-state index contributed by atoms with van der Waals surface area (Å²) in [6.07, 6.45) is 6.80. The number of hydrogen-bond acceptors (Lipinski definition) is 1. The summed E-state index contributed by atoms with van der Waals surface area (Å²) in [5.41, 5.74) is -0.787. The molecule has 0 heterocycles. The summed E-state index contributed by atoms with van der Waals surface area (Å²) in [6.45, 7) is 2.92. The first-order valence-corrected chi connectivity index (χ1v) is 10.6. The first-order chi connectivity index (χ1) is 8.27. The summed E-state index contributed by atoms with van der Waals surface area (Å²) in [7, 11) is 0. The van der Waals surface area contributed by atoms with Gasteiger partial charge in [0.1, 0.15) is 0 Å². The summed E-state index contributed by atoms with van der Waals surface area (Å²) in [5, 5.41) is 1.40. The van der Waals surface area contributed by atoms with Crippen molar-refractivity contribution in [1.82, 2.24) is 0 Å². The van der Waals surface area contributed by atoms with Gasteiger partial charge in [0.25, 0.3) is 0 Å². The molecule has 0 aromatic heterocycles. The molecule has 0 bridgehead atoms. The standard InChI is InChI=1S/C14H21OPSe/c1-2-15-16(17,13-9-5-3-6-10-13)14-11-7-4-8-12-14/h3,5-6,9-10,14H,2,4,7-8,11-12H2,1H3. The number of rotatable bonds is 4. The van der Waals surface area contributed by atoms with Gasteiger partial charge in [0.15, 0.2) is 0 Å². The molecule has 0 amide bonds. The maximum atomic E-state index is 6.21. The van der Waals surface area contributed by atoms with Gasteiger partial charge in [-0.05, 0) is 0 Å². The van der Waals surface area contributed by atoms with Crippen LogP contribution >= 0.6 is 5.74 Å². The molecule has 1 saturated carbocycles. The molecule has 17 heavy (non-hydrogen) atoms. The van der Waals surface area contributed by atoms with Gasteiger partial charge in [-0.25, -0.2) is 0 Å². The third kappa shape index (κ3) is 3.12. The molecule has 1 nitrogen and oxygen atoms in total. The molecule has 0 N–H and O–H groups in total. The first-order valence-electron chi connectivity index (χ1n) is 6.57. The van der Waals surface area contributed by atoms with Crippen molar-refractivity contribution in [2.24, 2.45) is 0 Å². The van der Waals surface area contributed by atoms with Crippen LogP contribution in [-0.2, 0) is 4.52 Å². The Morgan fingerprint density at radius 2 is 1.82 bits per heavy atom. The Bertz CT molecular complexity index is 384. The van der Waals surface area contributed by atoms with Crippen LogP contribution in [0.5, 0.6) is 0 Å². The quantitative estimate of drug-likeness (QED) is 0.608. The van der Waals surface area contributed by atoms with E-state index >= 15 is 0 Å². The van der Waals surface area contributed by atoms with Crippen LogP contribution in [0.2, 0.25) is 0 Å². The van der Waals surface area contributed by atoms with E-state index in [0.717, 1.165) is 12.3 Å².